The van der Waals surface area contributed by atoms with Gasteiger partial charge in [0.25, 0.3) is 5.91 Å². The van der Waals surface area contributed by atoms with Gasteiger partial charge in [-0.2, -0.15) is 5.26 Å². The minimum Gasteiger partial charge on any atom is -0.493 e. The van der Waals surface area contributed by atoms with Gasteiger partial charge in [-0.1, -0.05) is 17.7 Å². The maximum absolute atomic E-state index is 12.9. The molecule has 0 aromatic heterocycles. The Balaban J connectivity index is 1.86. The summed E-state index contributed by atoms with van der Waals surface area (Å²) in [5.41, 5.74) is 1.99. The van der Waals surface area contributed by atoms with Crippen LogP contribution in [0.3, 0.4) is 0 Å². The van der Waals surface area contributed by atoms with Crippen molar-refractivity contribution in [2.24, 2.45) is 0 Å². The van der Waals surface area contributed by atoms with Gasteiger partial charge in [0.05, 0.1) is 38.3 Å². The molecule has 1 heterocycles. The number of rotatable bonds is 7. The highest BCUT2D eigenvalue weighted by molar-refractivity contribution is 6.31. The van der Waals surface area contributed by atoms with Crippen LogP contribution in [0.4, 0.5) is 11.4 Å². The van der Waals surface area contributed by atoms with Crippen LogP contribution >= 0.6 is 11.6 Å². The molecule has 162 valence electrons. The monoisotopic (exact) mass is 441 g/mol. The molecule has 1 aliphatic rings. The van der Waals surface area contributed by atoms with E-state index >= 15 is 0 Å². The lowest BCUT2D eigenvalue weighted by Crippen LogP contribution is -2.36. The summed E-state index contributed by atoms with van der Waals surface area (Å²) in [4.78, 5) is 15.0. The molecule has 3 rings (SSSR count). The number of anilines is 2. The average Bonchev–Trinajstić information content (AvgIpc) is 2.78. The van der Waals surface area contributed by atoms with Crippen molar-refractivity contribution < 1.29 is 19.0 Å². The number of ether oxygens (including phenoxy) is 3. The van der Waals surface area contributed by atoms with Crippen LogP contribution in [0, 0.1) is 11.3 Å². The molecule has 0 aliphatic carbocycles. The van der Waals surface area contributed by atoms with E-state index in [-0.39, 0.29) is 5.57 Å². The third-order valence-electron chi connectivity index (χ3n) is 4.72. The molecule has 1 N–H and O–H groups in total. The van der Waals surface area contributed by atoms with Gasteiger partial charge < -0.3 is 24.4 Å². The SMILES string of the molecule is CCOc1cc(/C=C(\C#N)C(=O)Nc2cc(Cl)ccc2N2CCOCC2)ccc1OC. The highest BCUT2D eigenvalue weighted by Gasteiger charge is 2.18. The number of carbonyl (C=O) groups is 1. The first-order chi connectivity index (χ1) is 15.0. The second kappa shape index (κ2) is 10.7. The average molecular weight is 442 g/mol. The Morgan fingerprint density at radius 1 is 1.26 bits per heavy atom. The van der Waals surface area contributed by atoms with Crippen molar-refractivity contribution in [2.75, 3.05) is 50.2 Å². The van der Waals surface area contributed by atoms with E-state index < -0.39 is 5.91 Å². The third kappa shape index (κ3) is 5.69. The van der Waals surface area contributed by atoms with Gasteiger partial charge in [0.15, 0.2) is 11.5 Å². The van der Waals surface area contributed by atoms with Gasteiger partial charge >= 0.3 is 0 Å². The van der Waals surface area contributed by atoms with Gasteiger partial charge in [-0.3, -0.25) is 4.79 Å². The summed E-state index contributed by atoms with van der Waals surface area (Å²) in [6.45, 7) is 4.97. The quantitative estimate of drug-likeness (QED) is 0.513. The third-order valence-corrected chi connectivity index (χ3v) is 4.96. The predicted octanol–water partition coefficient (Wildman–Crippen LogP) is 4.13. The minimum absolute atomic E-state index is 0.0412. The summed E-state index contributed by atoms with van der Waals surface area (Å²) >= 11 is 6.16. The first kappa shape index (κ1) is 22.5. The molecular formula is C23H24ClN3O4. The van der Waals surface area contributed by atoms with Crippen LogP contribution in [0.2, 0.25) is 5.02 Å². The second-order valence-electron chi connectivity index (χ2n) is 6.73. The van der Waals surface area contributed by atoms with Crippen molar-refractivity contribution >= 4 is 35.0 Å². The second-order valence-corrected chi connectivity index (χ2v) is 7.16. The number of hydrogen-bond donors (Lipinski definition) is 1. The van der Waals surface area contributed by atoms with Gasteiger partial charge in [-0.15, -0.1) is 0 Å². The molecule has 2 aromatic rings. The lowest BCUT2D eigenvalue weighted by atomic mass is 10.1. The molecule has 8 heteroatoms. The van der Waals surface area contributed by atoms with Crippen LogP contribution in [0.5, 0.6) is 11.5 Å². The standard InChI is InChI=1S/C23H24ClN3O4/c1-3-31-22-13-16(4-7-21(22)29-2)12-17(15-25)23(28)26-19-14-18(24)5-6-20(19)27-8-10-30-11-9-27/h4-7,12-14H,3,8-11H2,1-2H3,(H,26,28)/b17-12+. The summed E-state index contributed by atoms with van der Waals surface area (Å²) in [6.07, 6.45) is 1.51. The van der Waals surface area contributed by atoms with Gasteiger partial charge in [-0.25, -0.2) is 0 Å². The smallest absolute Gasteiger partial charge is 0.266 e. The number of nitriles is 1. The predicted molar refractivity (Wildman–Crippen MR) is 121 cm³/mol. The number of hydrogen-bond acceptors (Lipinski definition) is 6. The molecule has 7 nitrogen and oxygen atoms in total. The Kier molecular flexibility index (Phi) is 7.76. The van der Waals surface area contributed by atoms with E-state index in [4.69, 9.17) is 25.8 Å². The number of nitrogens with zero attached hydrogens (tertiary/aromatic N) is 2. The van der Waals surface area contributed by atoms with Gasteiger partial charge in [0.2, 0.25) is 0 Å². The van der Waals surface area contributed by atoms with Crippen molar-refractivity contribution in [1.29, 1.82) is 5.26 Å². The van der Waals surface area contributed by atoms with Gasteiger partial charge in [-0.05, 0) is 48.9 Å². The zero-order valence-corrected chi connectivity index (χ0v) is 18.2. The van der Waals surface area contributed by atoms with E-state index in [1.54, 1.807) is 37.4 Å². The number of benzene rings is 2. The Bertz CT molecular complexity index is 1010. The molecule has 0 saturated carbocycles. The van der Waals surface area contributed by atoms with Crippen LogP contribution < -0.4 is 19.7 Å². The molecule has 1 saturated heterocycles. The number of methoxy groups -OCH3 is 1. The first-order valence-corrected chi connectivity index (χ1v) is 10.3. The highest BCUT2D eigenvalue weighted by Crippen LogP contribution is 2.31. The van der Waals surface area contributed by atoms with Crippen molar-refractivity contribution in [3.63, 3.8) is 0 Å². The molecule has 31 heavy (non-hydrogen) atoms. The van der Waals surface area contributed by atoms with E-state index in [1.807, 2.05) is 19.1 Å². The maximum Gasteiger partial charge on any atom is 0.266 e. The number of amides is 1. The van der Waals surface area contributed by atoms with Crippen LogP contribution in [0.1, 0.15) is 12.5 Å². The van der Waals surface area contributed by atoms with Crippen molar-refractivity contribution in [1.82, 2.24) is 0 Å². The van der Waals surface area contributed by atoms with Crippen molar-refractivity contribution in [2.45, 2.75) is 6.92 Å². The Morgan fingerprint density at radius 3 is 2.71 bits per heavy atom. The van der Waals surface area contributed by atoms with E-state index in [1.165, 1.54) is 6.08 Å². The zero-order valence-electron chi connectivity index (χ0n) is 17.5. The summed E-state index contributed by atoms with van der Waals surface area (Å²) in [5.74, 6) is 0.602. The molecule has 0 atom stereocenters. The molecule has 1 aliphatic heterocycles. The molecule has 0 unspecified atom stereocenters. The maximum atomic E-state index is 12.9. The summed E-state index contributed by atoms with van der Waals surface area (Å²) < 4.78 is 16.2. The van der Waals surface area contributed by atoms with Gasteiger partial charge in [0.1, 0.15) is 11.6 Å². The Labute approximate surface area is 186 Å². The van der Waals surface area contributed by atoms with Crippen molar-refractivity contribution in [3.8, 4) is 17.6 Å². The lowest BCUT2D eigenvalue weighted by Gasteiger charge is -2.30. The van der Waals surface area contributed by atoms with E-state index in [0.29, 0.717) is 60.7 Å². The molecule has 1 amide bonds. The molecule has 0 spiro atoms. The Hall–Kier alpha value is -3.21. The van der Waals surface area contributed by atoms with Crippen LogP contribution in [-0.2, 0) is 9.53 Å². The lowest BCUT2D eigenvalue weighted by molar-refractivity contribution is -0.112. The van der Waals surface area contributed by atoms with Crippen molar-refractivity contribution in [3.05, 3.63) is 52.6 Å². The first-order valence-electron chi connectivity index (χ1n) is 9.92. The fourth-order valence-corrected chi connectivity index (χ4v) is 3.42. The number of carbonyl (C=O) groups excluding carboxylic acids is 1. The van der Waals surface area contributed by atoms with E-state index in [0.717, 1.165) is 5.69 Å². The van der Waals surface area contributed by atoms with Crippen LogP contribution in [-0.4, -0.2) is 45.9 Å². The Morgan fingerprint density at radius 2 is 2.03 bits per heavy atom. The number of morpholine rings is 1. The normalized spacial score (nSPS) is 14.0. The summed E-state index contributed by atoms with van der Waals surface area (Å²) in [7, 11) is 1.55. The number of halogens is 1. The summed E-state index contributed by atoms with van der Waals surface area (Å²) in [5, 5.41) is 12.9. The van der Waals surface area contributed by atoms with Crippen LogP contribution in [0.25, 0.3) is 6.08 Å². The fourth-order valence-electron chi connectivity index (χ4n) is 3.24. The topological polar surface area (TPSA) is 83.8 Å². The van der Waals surface area contributed by atoms with E-state index in [9.17, 15) is 10.1 Å². The molecule has 0 bridgehead atoms. The van der Waals surface area contributed by atoms with E-state index in [2.05, 4.69) is 10.2 Å². The molecular weight excluding hydrogens is 418 g/mol. The number of nitrogens with one attached hydrogen (secondary N) is 1. The minimum atomic E-state index is -0.520. The molecule has 0 radical (unpaired) electrons. The molecule has 2 aromatic carbocycles. The highest BCUT2D eigenvalue weighted by atomic mass is 35.5. The largest absolute Gasteiger partial charge is 0.493 e. The molecule has 1 fully saturated rings. The van der Waals surface area contributed by atoms with Gasteiger partial charge in [0, 0.05) is 18.1 Å². The zero-order chi connectivity index (χ0) is 22.2. The van der Waals surface area contributed by atoms with Crippen LogP contribution in [0.15, 0.2) is 42.0 Å². The fraction of sp³-hybridized carbons (Fsp3) is 0.304. The summed E-state index contributed by atoms with van der Waals surface area (Å²) in [6, 6.07) is 12.5.